The number of aromatic amines is 2. The molecule has 0 spiro atoms. The summed E-state index contributed by atoms with van der Waals surface area (Å²) in [5.41, 5.74) is 2.45. The molecule has 3 aromatic heterocycles. The van der Waals surface area contributed by atoms with Crippen LogP contribution in [0.15, 0.2) is 66.4 Å². The summed E-state index contributed by atoms with van der Waals surface area (Å²) in [6.07, 6.45) is 7.84. The Morgan fingerprint density at radius 2 is 2.14 bits per heavy atom. The fraction of sp³-hybridized carbons (Fsp3) is 0.222. The van der Waals surface area contributed by atoms with Crippen molar-refractivity contribution >= 4 is 39.8 Å². The Balaban J connectivity index is 1.58. The van der Waals surface area contributed by atoms with Crippen LogP contribution >= 0.6 is 11.6 Å². The van der Waals surface area contributed by atoms with Gasteiger partial charge in [0.1, 0.15) is 12.4 Å². The maximum Gasteiger partial charge on any atom is 0.259 e. The first-order valence-electron chi connectivity index (χ1n) is 11.7. The van der Waals surface area contributed by atoms with Gasteiger partial charge >= 0.3 is 0 Å². The van der Waals surface area contributed by atoms with Gasteiger partial charge in [-0.1, -0.05) is 24.2 Å². The average Bonchev–Trinajstić information content (AvgIpc) is 3.61. The van der Waals surface area contributed by atoms with E-state index in [0.717, 1.165) is 12.8 Å². The molecule has 1 amide bonds. The maximum atomic E-state index is 12.9. The molecule has 0 unspecified atom stereocenters. The molecule has 1 saturated carbocycles. The number of carbonyl (C=O) groups excluding carboxylic acids is 1. The Kier molecular flexibility index (Phi) is 6.39. The summed E-state index contributed by atoms with van der Waals surface area (Å²) >= 11 is 6.35. The van der Waals surface area contributed by atoms with Gasteiger partial charge in [0.05, 0.1) is 51.8 Å². The van der Waals surface area contributed by atoms with Crippen molar-refractivity contribution in [1.82, 2.24) is 19.9 Å². The molecule has 3 heterocycles. The Hall–Kier alpha value is -4.24. The number of aromatic nitrogens is 3. The minimum atomic E-state index is -0.384. The molecule has 1 aliphatic rings. The topological polar surface area (TPSA) is 112 Å². The van der Waals surface area contributed by atoms with Crippen LogP contribution in [0, 0.1) is 0 Å². The third kappa shape index (κ3) is 4.42. The van der Waals surface area contributed by atoms with E-state index in [1.54, 1.807) is 48.7 Å². The number of amides is 1. The van der Waals surface area contributed by atoms with Crippen LogP contribution in [0.5, 0.6) is 11.5 Å². The second-order valence-electron chi connectivity index (χ2n) is 8.90. The van der Waals surface area contributed by atoms with Crippen LogP contribution in [0.4, 0.5) is 11.4 Å². The molecule has 0 aliphatic heterocycles. The predicted molar refractivity (Wildman–Crippen MR) is 144 cm³/mol. The number of H-pyrrole nitrogens is 2. The first-order chi connectivity index (χ1) is 17.9. The number of nitrogens with one attached hydrogen (secondary N) is 3. The molecule has 0 radical (unpaired) electrons. The van der Waals surface area contributed by atoms with Gasteiger partial charge in [-0.25, -0.2) is 0 Å². The smallest absolute Gasteiger partial charge is 0.259 e. The number of ether oxygens (including phenoxy) is 2. The fourth-order valence-electron chi connectivity index (χ4n) is 4.43. The number of benzene rings is 1. The van der Waals surface area contributed by atoms with E-state index in [9.17, 15) is 9.59 Å². The van der Waals surface area contributed by atoms with Gasteiger partial charge in [0.2, 0.25) is 5.91 Å². The maximum absolute atomic E-state index is 12.9. The minimum Gasteiger partial charge on any atom is -0.493 e. The number of rotatable bonds is 9. The molecule has 0 saturated heterocycles. The molecule has 10 heteroatoms. The van der Waals surface area contributed by atoms with Crippen LogP contribution in [0.25, 0.3) is 22.2 Å². The van der Waals surface area contributed by atoms with E-state index in [1.165, 1.54) is 13.2 Å². The van der Waals surface area contributed by atoms with Gasteiger partial charge in [-0.15, -0.1) is 0 Å². The van der Waals surface area contributed by atoms with E-state index in [4.69, 9.17) is 21.1 Å². The van der Waals surface area contributed by atoms with E-state index in [0.29, 0.717) is 56.7 Å². The summed E-state index contributed by atoms with van der Waals surface area (Å²) in [6.45, 7) is 3.89. The Morgan fingerprint density at radius 1 is 1.32 bits per heavy atom. The second-order valence-corrected chi connectivity index (χ2v) is 9.31. The number of anilines is 2. The number of fused-ring (bicyclic) bond motifs is 1. The third-order valence-electron chi connectivity index (χ3n) is 6.75. The molecular weight excluding hydrogens is 494 g/mol. The largest absolute Gasteiger partial charge is 0.493 e. The summed E-state index contributed by atoms with van der Waals surface area (Å²) < 4.78 is 11.8. The zero-order valence-electron chi connectivity index (χ0n) is 20.4. The highest BCUT2D eigenvalue weighted by Crippen LogP contribution is 2.44. The predicted octanol–water partition coefficient (Wildman–Crippen LogP) is 4.88. The monoisotopic (exact) mass is 519 g/mol. The van der Waals surface area contributed by atoms with Crippen molar-refractivity contribution in [1.29, 1.82) is 0 Å². The fourth-order valence-corrected chi connectivity index (χ4v) is 4.69. The molecule has 3 N–H and O–H groups in total. The lowest BCUT2D eigenvalue weighted by Crippen LogP contribution is -2.42. The quantitative estimate of drug-likeness (QED) is 0.272. The highest BCUT2D eigenvalue weighted by atomic mass is 35.5. The molecule has 190 valence electrons. The highest BCUT2D eigenvalue weighted by molar-refractivity contribution is 6.32. The van der Waals surface area contributed by atoms with Crippen molar-refractivity contribution in [3.63, 3.8) is 0 Å². The van der Waals surface area contributed by atoms with Crippen molar-refractivity contribution in [3.8, 4) is 22.8 Å². The van der Waals surface area contributed by atoms with Gasteiger partial charge in [-0.2, -0.15) is 0 Å². The number of methoxy groups -OCH3 is 1. The van der Waals surface area contributed by atoms with E-state index in [2.05, 4.69) is 26.8 Å². The van der Waals surface area contributed by atoms with Gasteiger partial charge in [0.25, 0.3) is 5.56 Å². The Morgan fingerprint density at radius 3 is 2.86 bits per heavy atom. The van der Waals surface area contributed by atoms with Crippen molar-refractivity contribution in [2.45, 2.75) is 18.4 Å². The molecular formula is C27H26ClN5O4. The lowest BCUT2D eigenvalue weighted by molar-refractivity contribution is -0.128. The Labute approximate surface area is 218 Å². The summed E-state index contributed by atoms with van der Waals surface area (Å²) in [5.74, 6) is 0.815. The average molecular weight is 520 g/mol. The number of pyridine rings is 2. The number of hydrogen-bond donors (Lipinski definition) is 3. The molecule has 5 rings (SSSR count). The van der Waals surface area contributed by atoms with Gasteiger partial charge in [-0.3, -0.25) is 14.6 Å². The third-order valence-corrected chi connectivity index (χ3v) is 7.04. The number of nitrogens with zero attached hydrogens (tertiary/aromatic N) is 2. The van der Waals surface area contributed by atoms with Gasteiger partial charge in [0, 0.05) is 25.0 Å². The van der Waals surface area contributed by atoms with E-state index in [1.807, 2.05) is 12.1 Å². The lowest BCUT2D eigenvalue weighted by atomic mass is 10.1. The van der Waals surface area contributed by atoms with Gasteiger partial charge < -0.3 is 29.7 Å². The van der Waals surface area contributed by atoms with E-state index < -0.39 is 0 Å². The number of hydrogen-bond acceptors (Lipinski definition) is 6. The Bertz CT molecular complexity index is 1560. The van der Waals surface area contributed by atoms with Crippen molar-refractivity contribution in [2.24, 2.45) is 0 Å². The van der Waals surface area contributed by atoms with Crippen molar-refractivity contribution < 1.29 is 14.3 Å². The van der Waals surface area contributed by atoms with Crippen LogP contribution in [0.3, 0.4) is 0 Å². The van der Waals surface area contributed by atoms with Crippen LogP contribution in [0.2, 0.25) is 5.02 Å². The number of carbonyl (C=O) groups is 1. The molecule has 37 heavy (non-hydrogen) atoms. The number of halogens is 1. The van der Waals surface area contributed by atoms with Crippen molar-refractivity contribution in [3.05, 3.63) is 77.0 Å². The second kappa shape index (κ2) is 9.67. The summed E-state index contributed by atoms with van der Waals surface area (Å²) in [6, 6.07) is 8.94. The molecule has 4 aromatic rings. The molecule has 1 aliphatic carbocycles. The molecule has 9 nitrogen and oxygen atoms in total. The molecule has 1 aromatic carbocycles. The molecule has 1 fully saturated rings. The molecule has 0 bridgehead atoms. The number of likely N-dealkylation sites (N-methyl/N-ethyl adjacent to an activating group) is 1. The number of para-hydroxylation sites is 1. The lowest BCUT2D eigenvalue weighted by Gasteiger charge is -2.27. The van der Waals surface area contributed by atoms with Crippen LogP contribution in [-0.2, 0) is 4.79 Å². The first kappa shape index (κ1) is 24.5. The normalized spacial score (nSPS) is 13.7. The summed E-state index contributed by atoms with van der Waals surface area (Å²) in [5, 5.41) is 4.22. The summed E-state index contributed by atoms with van der Waals surface area (Å²) in [4.78, 5) is 37.1. The summed E-state index contributed by atoms with van der Waals surface area (Å²) in [7, 11) is 3.29. The first-order valence-corrected chi connectivity index (χ1v) is 12.1. The zero-order valence-corrected chi connectivity index (χ0v) is 21.2. The van der Waals surface area contributed by atoms with E-state index in [-0.39, 0.29) is 17.0 Å². The molecule has 0 atom stereocenters. The van der Waals surface area contributed by atoms with E-state index >= 15 is 0 Å². The van der Waals surface area contributed by atoms with Crippen LogP contribution < -0.4 is 20.3 Å². The standard InChI is InChI=1S/C27H26ClN5O4/c1-4-21(34)33(2)27(10-11-27)15-37-20-14-29-12-8-16(20)23-24(22-18(31-23)9-13-30-26(22)35)32-19-7-5-6-17(28)25(19)36-3/h4-9,12-14,31-32H,1,10-11,15H2,2-3H3,(H,30,35). The van der Waals surface area contributed by atoms with Gasteiger partial charge in [-0.05, 0) is 43.2 Å². The highest BCUT2D eigenvalue weighted by Gasteiger charge is 2.49. The zero-order chi connectivity index (χ0) is 26.2. The SMILES string of the molecule is C=CC(=O)N(C)C1(COc2cnccc2-c2[nH]c3cc[nH]c(=O)c3c2Nc2cccc(Cl)c2OC)CC1. The van der Waals surface area contributed by atoms with Crippen molar-refractivity contribution in [2.75, 3.05) is 26.1 Å². The minimum absolute atomic E-state index is 0.149. The van der Waals surface area contributed by atoms with Crippen LogP contribution in [0.1, 0.15) is 12.8 Å². The van der Waals surface area contributed by atoms with Crippen LogP contribution in [-0.4, -0.2) is 52.1 Å². The van der Waals surface area contributed by atoms with Gasteiger partial charge in [0.15, 0.2) is 5.75 Å².